The second-order valence-corrected chi connectivity index (χ2v) is 9.27. The van der Waals surface area contributed by atoms with Crippen LogP contribution in [0.1, 0.15) is 55.4 Å². The third-order valence-corrected chi connectivity index (χ3v) is 5.31. The Balaban J connectivity index is 2.24. The third-order valence-electron chi connectivity index (χ3n) is 5.08. The summed E-state index contributed by atoms with van der Waals surface area (Å²) in [5.74, 6) is -1.73. The Labute approximate surface area is 202 Å². The molecular formula is C25H27ClFN3O4. The van der Waals surface area contributed by atoms with E-state index in [1.54, 1.807) is 52.0 Å². The number of carbonyl (C=O) groups excluding carboxylic acids is 3. The molecule has 180 valence electrons. The van der Waals surface area contributed by atoms with Crippen LogP contribution >= 0.6 is 11.6 Å². The van der Waals surface area contributed by atoms with E-state index >= 15 is 0 Å². The molecule has 0 bridgehead atoms. The van der Waals surface area contributed by atoms with Crippen LogP contribution in [0.4, 0.5) is 4.39 Å². The highest BCUT2D eigenvalue weighted by Crippen LogP contribution is 2.35. The van der Waals surface area contributed by atoms with Crippen molar-refractivity contribution in [1.82, 2.24) is 15.2 Å². The third kappa shape index (κ3) is 5.56. The maximum absolute atomic E-state index is 14.4. The molecule has 3 aromatic rings. The molecule has 0 radical (unpaired) electrons. The van der Waals surface area contributed by atoms with Crippen molar-refractivity contribution in [3.63, 3.8) is 0 Å². The summed E-state index contributed by atoms with van der Waals surface area (Å²) in [6.07, 6.45) is 0.475. The van der Waals surface area contributed by atoms with Crippen LogP contribution < -0.4 is 5.32 Å². The minimum absolute atomic E-state index is 0.0218. The fourth-order valence-electron chi connectivity index (χ4n) is 3.74. The first-order valence-electron chi connectivity index (χ1n) is 10.8. The highest BCUT2D eigenvalue weighted by atomic mass is 35.5. The van der Waals surface area contributed by atoms with Crippen LogP contribution in [0, 0.1) is 5.82 Å². The maximum atomic E-state index is 14.4. The van der Waals surface area contributed by atoms with Crippen molar-refractivity contribution in [2.45, 2.75) is 45.8 Å². The molecule has 0 saturated heterocycles. The first-order valence-corrected chi connectivity index (χ1v) is 11.2. The minimum Gasteiger partial charge on any atom is -0.461 e. The summed E-state index contributed by atoms with van der Waals surface area (Å²) in [5, 5.41) is 3.81. The van der Waals surface area contributed by atoms with E-state index in [9.17, 15) is 18.8 Å². The van der Waals surface area contributed by atoms with Crippen molar-refractivity contribution in [1.29, 1.82) is 0 Å². The van der Waals surface area contributed by atoms with E-state index in [4.69, 9.17) is 16.3 Å². The molecule has 3 rings (SSSR count). The number of esters is 1. The zero-order valence-electron chi connectivity index (χ0n) is 19.4. The van der Waals surface area contributed by atoms with Crippen molar-refractivity contribution >= 4 is 40.8 Å². The van der Waals surface area contributed by atoms with Crippen LogP contribution in [0.3, 0.4) is 0 Å². The van der Waals surface area contributed by atoms with Gasteiger partial charge in [-0.1, -0.05) is 35.9 Å². The van der Waals surface area contributed by atoms with Crippen LogP contribution in [0.25, 0.3) is 10.9 Å². The predicted octanol–water partition coefficient (Wildman–Crippen LogP) is 4.75. The number of hydrogen-bond donors (Lipinski definition) is 2. The van der Waals surface area contributed by atoms with Crippen molar-refractivity contribution < 1.29 is 23.5 Å². The number of carbonyl (C=O) groups is 3. The van der Waals surface area contributed by atoms with E-state index in [2.05, 4.69) is 10.3 Å². The molecule has 34 heavy (non-hydrogen) atoms. The Bertz CT molecular complexity index is 1220. The topological polar surface area (TPSA) is 91.5 Å². The van der Waals surface area contributed by atoms with Gasteiger partial charge in [0.15, 0.2) is 0 Å². The van der Waals surface area contributed by atoms with Gasteiger partial charge in [-0.15, -0.1) is 0 Å². The van der Waals surface area contributed by atoms with E-state index < -0.39 is 29.3 Å². The maximum Gasteiger partial charge on any atom is 0.355 e. The second kappa shape index (κ2) is 10.3. The molecule has 2 N–H and O–H groups in total. The number of nitrogens with zero attached hydrogens (tertiary/aromatic N) is 1. The van der Waals surface area contributed by atoms with Crippen LogP contribution in [0.5, 0.6) is 0 Å². The monoisotopic (exact) mass is 487 g/mol. The molecule has 0 aliphatic rings. The summed E-state index contributed by atoms with van der Waals surface area (Å²) in [4.78, 5) is 42.9. The molecule has 0 aliphatic heterocycles. The normalized spacial score (nSPS) is 12.3. The molecule has 9 heteroatoms. The van der Waals surface area contributed by atoms with Crippen molar-refractivity contribution in [3.05, 3.63) is 70.1 Å². The molecule has 0 fully saturated rings. The summed E-state index contributed by atoms with van der Waals surface area (Å²) in [6, 6.07) is 9.63. The SMILES string of the molecule is CCOC(=O)c1[nH]c2cc(Cl)ccc2c1C(C(=O)NC(C)(C)C)N(C=O)Cc1ccccc1F. The van der Waals surface area contributed by atoms with E-state index in [0.717, 1.165) is 0 Å². The van der Waals surface area contributed by atoms with Gasteiger partial charge in [-0.3, -0.25) is 9.59 Å². The van der Waals surface area contributed by atoms with Crippen molar-refractivity contribution in [2.24, 2.45) is 0 Å². The summed E-state index contributed by atoms with van der Waals surface area (Å²) >= 11 is 6.14. The van der Waals surface area contributed by atoms with Crippen molar-refractivity contribution in [3.8, 4) is 0 Å². The van der Waals surface area contributed by atoms with E-state index in [1.807, 2.05) is 0 Å². The first kappa shape index (κ1) is 25.2. The van der Waals surface area contributed by atoms with Gasteiger partial charge in [-0.05, 0) is 45.9 Å². The lowest BCUT2D eigenvalue weighted by Crippen LogP contribution is -2.47. The average molecular weight is 488 g/mol. The van der Waals surface area contributed by atoms with Gasteiger partial charge in [0, 0.05) is 39.1 Å². The zero-order chi connectivity index (χ0) is 25.0. The van der Waals surface area contributed by atoms with Crippen LogP contribution in [-0.2, 0) is 20.9 Å². The lowest BCUT2D eigenvalue weighted by Gasteiger charge is -2.31. The number of H-pyrrole nitrogens is 1. The van der Waals surface area contributed by atoms with Gasteiger partial charge in [0.05, 0.1) is 6.61 Å². The van der Waals surface area contributed by atoms with Gasteiger partial charge < -0.3 is 19.9 Å². The van der Waals surface area contributed by atoms with Gasteiger partial charge in [0.1, 0.15) is 17.6 Å². The summed E-state index contributed by atoms with van der Waals surface area (Å²) in [6.45, 7) is 6.97. The Morgan fingerprint density at radius 3 is 2.56 bits per heavy atom. The van der Waals surface area contributed by atoms with E-state index in [1.165, 1.54) is 23.1 Å². The lowest BCUT2D eigenvalue weighted by molar-refractivity contribution is -0.134. The molecule has 1 atom stereocenters. The molecule has 7 nitrogen and oxygen atoms in total. The van der Waals surface area contributed by atoms with Gasteiger partial charge in [-0.2, -0.15) is 0 Å². The quantitative estimate of drug-likeness (QED) is 0.354. The Kier molecular flexibility index (Phi) is 7.61. The molecule has 0 spiro atoms. The number of benzene rings is 2. The smallest absolute Gasteiger partial charge is 0.355 e. The Morgan fingerprint density at radius 2 is 1.94 bits per heavy atom. The fraction of sp³-hybridized carbons (Fsp3) is 0.320. The highest BCUT2D eigenvalue weighted by Gasteiger charge is 2.36. The molecular weight excluding hydrogens is 461 g/mol. The standard InChI is InChI=1S/C25H27ClFN3O4/c1-5-34-24(33)21-20(17-11-10-16(26)12-19(17)28-21)22(23(32)29-25(2,3)4)30(14-31)13-15-8-6-7-9-18(15)27/h6-12,14,22,28H,5,13H2,1-4H3,(H,29,32). The van der Waals surface area contributed by atoms with Gasteiger partial charge in [0.2, 0.25) is 12.3 Å². The molecule has 2 amide bonds. The summed E-state index contributed by atoms with van der Waals surface area (Å²) in [5.41, 5.74) is 0.352. The molecule has 2 aromatic carbocycles. The second-order valence-electron chi connectivity index (χ2n) is 8.83. The highest BCUT2D eigenvalue weighted by molar-refractivity contribution is 6.31. The number of fused-ring (bicyclic) bond motifs is 1. The van der Waals surface area contributed by atoms with E-state index in [0.29, 0.717) is 22.3 Å². The van der Waals surface area contributed by atoms with Crippen molar-refractivity contribution in [2.75, 3.05) is 6.61 Å². The number of nitrogens with one attached hydrogen (secondary N) is 2. The minimum atomic E-state index is -1.26. The van der Waals surface area contributed by atoms with Crippen LogP contribution in [0.2, 0.25) is 5.02 Å². The molecule has 1 unspecified atom stereocenters. The fourth-order valence-corrected chi connectivity index (χ4v) is 3.91. The first-order chi connectivity index (χ1) is 16.1. The number of aromatic nitrogens is 1. The predicted molar refractivity (Wildman–Crippen MR) is 128 cm³/mol. The number of halogens is 2. The average Bonchev–Trinajstić information content (AvgIpc) is 3.11. The van der Waals surface area contributed by atoms with Crippen LogP contribution in [-0.4, -0.2) is 40.3 Å². The molecule has 0 aliphatic carbocycles. The zero-order valence-corrected chi connectivity index (χ0v) is 20.2. The molecule has 1 aromatic heterocycles. The summed E-state index contributed by atoms with van der Waals surface area (Å²) in [7, 11) is 0. The van der Waals surface area contributed by atoms with E-state index in [-0.39, 0.29) is 30.0 Å². The number of rotatable bonds is 8. The molecule has 0 saturated carbocycles. The lowest BCUT2D eigenvalue weighted by atomic mass is 9.98. The number of ether oxygens (including phenoxy) is 1. The number of amides is 2. The van der Waals surface area contributed by atoms with Crippen LogP contribution in [0.15, 0.2) is 42.5 Å². The number of aromatic amines is 1. The number of hydrogen-bond acceptors (Lipinski definition) is 4. The largest absolute Gasteiger partial charge is 0.461 e. The van der Waals surface area contributed by atoms with Gasteiger partial charge in [0.25, 0.3) is 0 Å². The van der Waals surface area contributed by atoms with Gasteiger partial charge >= 0.3 is 5.97 Å². The summed E-state index contributed by atoms with van der Waals surface area (Å²) < 4.78 is 19.6. The Hall–Kier alpha value is -3.39. The molecule has 1 heterocycles. The van der Waals surface area contributed by atoms with Gasteiger partial charge in [-0.25, -0.2) is 9.18 Å². The Morgan fingerprint density at radius 1 is 1.24 bits per heavy atom.